The molecule has 0 bridgehead atoms. The Labute approximate surface area is 231 Å². The van der Waals surface area contributed by atoms with Crippen LogP contribution in [0.15, 0.2) is 127 Å². The summed E-state index contributed by atoms with van der Waals surface area (Å²) in [7, 11) is -1.55. The van der Waals surface area contributed by atoms with Crippen LogP contribution in [0.5, 0.6) is 0 Å². The molecule has 1 atom stereocenters. The molecule has 40 heavy (non-hydrogen) atoms. The van der Waals surface area contributed by atoms with Gasteiger partial charge in [0.1, 0.15) is 0 Å². The highest BCUT2D eigenvalue weighted by molar-refractivity contribution is 6.60. The quantitative estimate of drug-likeness (QED) is 0.182. The van der Waals surface area contributed by atoms with Gasteiger partial charge >= 0.3 is 7.12 Å². The van der Waals surface area contributed by atoms with Gasteiger partial charge in [-0.3, -0.25) is 0 Å². The minimum absolute atomic E-state index is 0.546. The Morgan fingerprint density at radius 2 is 0.900 bits per heavy atom. The molecule has 0 radical (unpaired) electrons. The van der Waals surface area contributed by atoms with Gasteiger partial charge in [0, 0.05) is 0 Å². The molecule has 7 aromatic carbocycles. The third kappa shape index (κ3) is 2.53. The van der Waals surface area contributed by atoms with E-state index in [0.717, 1.165) is 16.7 Å². The van der Waals surface area contributed by atoms with Crippen molar-refractivity contribution in [3.63, 3.8) is 0 Å². The van der Waals surface area contributed by atoms with Gasteiger partial charge in [0.05, 0.1) is 5.41 Å². The summed E-state index contributed by atoms with van der Waals surface area (Å²) in [5.74, 6) is 0. The van der Waals surface area contributed by atoms with E-state index in [1.165, 1.54) is 60.1 Å². The van der Waals surface area contributed by atoms with Crippen LogP contribution in [0, 0.1) is 0 Å². The van der Waals surface area contributed by atoms with Crippen LogP contribution in [0.25, 0.3) is 54.6 Å². The van der Waals surface area contributed by atoms with E-state index in [2.05, 4.69) is 109 Å². The molecule has 0 heterocycles. The fraction of sp³-hybridized carbons (Fsp3) is 0.0270. The first-order valence-electron chi connectivity index (χ1n) is 13.8. The van der Waals surface area contributed by atoms with Gasteiger partial charge < -0.3 is 10.0 Å². The summed E-state index contributed by atoms with van der Waals surface area (Å²) in [4.78, 5) is 0. The molecule has 0 fully saturated rings. The molecule has 0 amide bonds. The predicted molar refractivity (Wildman–Crippen MR) is 165 cm³/mol. The van der Waals surface area contributed by atoms with Gasteiger partial charge in [-0.05, 0) is 94.4 Å². The molecule has 1 unspecified atom stereocenters. The molecular weight excluding hydrogens is 487 g/mol. The molecule has 2 aliphatic carbocycles. The van der Waals surface area contributed by atoms with Crippen molar-refractivity contribution < 1.29 is 10.0 Å². The minimum atomic E-state index is -1.55. The molecule has 0 aromatic heterocycles. The summed E-state index contributed by atoms with van der Waals surface area (Å²) in [5.41, 5.74) is 9.24. The summed E-state index contributed by atoms with van der Waals surface area (Å²) < 4.78 is 0. The van der Waals surface area contributed by atoms with E-state index >= 15 is 0 Å². The van der Waals surface area contributed by atoms with E-state index in [1.807, 2.05) is 18.2 Å². The molecule has 2 aliphatic rings. The van der Waals surface area contributed by atoms with Crippen molar-refractivity contribution in [3.8, 4) is 22.3 Å². The fourth-order valence-electron chi connectivity index (χ4n) is 7.83. The van der Waals surface area contributed by atoms with E-state index in [-0.39, 0.29) is 0 Å². The topological polar surface area (TPSA) is 40.5 Å². The largest absolute Gasteiger partial charge is 0.489 e. The van der Waals surface area contributed by atoms with Crippen LogP contribution in [0.3, 0.4) is 0 Å². The lowest BCUT2D eigenvalue weighted by molar-refractivity contribution is 0.426. The van der Waals surface area contributed by atoms with Gasteiger partial charge in [0.2, 0.25) is 0 Å². The number of rotatable bonds is 1. The second-order valence-corrected chi connectivity index (χ2v) is 11.0. The van der Waals surface area contributed by atoms with Gasteiger partial charge in [0.25, 0.3) is 0 Å². The summed E-state index contributed by atoms with van der Waals surface area (Å²) in [6.07, 6.45) is 0. The molecular formula is C37H23BO2. The molecule has 0 saturated heterocycles. The Bertz CT molecular complexity index is 2210. The highest BCUT2D eigenvalue weighted by Crippen LogP contribution is 2.63. The van der Waals surface area contributed by atoms with Gasteiger partial charge in [-0.25, -0.2) is 0 Å². The van der Waals surface area contributed by atoms with Gasteiger partial charge in [-0.1, -0.05) is 115 Å². The second kappa shape index (κ2) is 7.70. The minimum Gasteiger partial charge on any atom is -0.423 e. The van der Waals surface area contributed by atoms with Crippen LogP contribution >= 0.6 is 0 Å². The monoisotopic (exact) mass is 510 g/mol. The zero-order chi connectivity index (χ0) is 26.6. The van der Waals surface area contributed by atoms with E-state index in [0.29, 0.717) is 5.46 Å². The van der Waals surface area contributed by atoms with Crippen molar-refractivity contribution in [2.24, 2.45) is 0 Å². The van der Waals surface area contributed by atoms with Crippen molar-refractivity contribution in [2.45, 2.75) is 5.41 Å². The van der Waals surface area contributed by atoms with Crippen molar-refractivity contribution in [1.29, 1.82) is 0 Å². The van der Waals surface area contributed by atoms with E-state index in [1.54, 1.807) is 0 Å². The molecule has 3 heteroatoms. The standard InChI is InChI=1S/C37H23BO2/c39-38(40)35-19-9-18-33-36(35)27-15-6-8-17-32(27)37(33)31-16-7-5-14-26(31)30-20-28-24-12-3-1-10-22(24)23-11-2-4-13-25(23)29(28)21-34(30)37/h1-21,39-40H. The average Bonchev–Trinajstić information content (AvgIpc) is 3.47. The maximum atomic E-state index is 10.5. The smallest absolute Gasteiger partial charge is 0.423 e. The third-order valence-electron chi connectivity index (χ3n) is 9.29. The first-order valence-corrected chi connectivity index (χ1v) is 13.8. The lowest BCUT2D eigenvalue weighted by Crippen LogP contribution is -2.33. The summed E-state index contributed by atoms with van der Waals surface area (Å²) in [6.45, 7) is 0. The summed E-state index contributed by atoms with van der Waals surface area (Å²) in [6, 6.07) is 45.5. The molecule has 186 valence electrons. The molecule has 9 rings (SSSR count). The van der Waals surface area contributed by atoms with E-state index in [9.17, 15) is 10.0 Å². The maximum absolute atomic E-state index is 10.5. The zero-order valence-electron chi connectivity index (χ0n) is 21.6. The lowest BCUT2D eigenvalue weighted by atomic mass is 9.68. The maximum Gasteiger partial charge on any atom is 0.489 e. The first-order chi connectivity index (χ1) is 19.7. The Morgan fingerprint density at radius 1 is 0.400 bits per heavy atom. The lowest BCUT2D eigenvalue weighted by Gasteiger charge is -2.31. The molecule has 7 aromatic rings. The number of fused-ring (bicyclic) bond motifs is 16. The van der Waals surface area contributed by atoms with Crippen LogP contribution in [-0.4, -0.2) is 17.2 Å². The average molecular weight is 510 g/mol. The molecule has 2 nitrogen and oxygen atoms in total. The Hall–Kier alpha value is -4.70. The van der Waals surface area contributed by atoms with Gasteiger partial charge in [-0.15, -0.1) is 0 Å². The van der Waals surface area contributed by atoms with Crippen LogP contribution in [0.4, 0.5) is 0 Å². The summed E-state index contributed by atoms with van der Waals surface area (Å²) in [5, 5.41) is 28.4. The van der Waals surface area contributed by atoms with Crippen molar-refractivity contribution in [2.75, 3.05) is 0 Å². The number of benzene rings is 7. The molecule has 0 saturated carbocycles. The SMILES string of the molecule is OB(O)c1cccc2c1-c1ccccc1C21c2ccccc2-c2cc3c4ccccc4c4ccccc4c3cc21. The van der Waals surface area contributed by atoms with Crippen molar-refractivity contribution in [1.82, 2.24) is 0 Å². The Morgan fingerprint density at radius 3 is 1.55 bits per heavy atom. The van der Waals surface area contributed by atoms with Crippen molar-refractivity contribution in [3.05, 3.63) is 150 Å². The normalized spacial score (nSPS) is 16.4. The van der Waals surface area contributed by atoms with Crippen LogP contribution in [-0.2, 0) is 5.41 Å². The fourth-order valence-corrected chi connectivity index (χ4v) is 7.83. The predicted octanol–water partition coefficient (Wildman–Crippen LogP) is 7.17. The third-order valence-corrected chi connectivity index (χ3v) is 9.29. The number of hydrogen-bond donors (Lipinski definition) is 2. The van der Waals surface area contributed by atoms with E-state index < -0.39 is 12.5 Å². The highest BCUT2D eigenvalue weighted by Gasteiger charge is 2.52. The Balaban J connectivity index is 1.52. The van der Waals surface area contributed by atoms with Gasteiger partial charge in [0.15, 0.2) is 0 Å². The zero-order valence-corrected chi connectivity index (χ0v) is 21.6. The second-order valence-electron chi connectivity index (χ2n) is 11.0. The first kappa shape index (κ1) is 22.2. The molecule has 1 spiro atoms. The summed E-state index contributed by atoms with van der Waals surface area (Å²) >= 11 is 0. The van der Waals surface area contributed by atoms with Gasteiger partial charge in [-0.2, -0.15) is 0 Å². The molecule has 0 aliphatic heterocycles. The number of hydrogen-bond acceptors (Lipinski definition) is 2. The van der Waals surface area contributed by atoms with E-state index in [4.69, 9.17) is 0 Å². The van der Waals surface area contributed by atoms with Crippen LogP contribution < -0.4 is 5.46 Å². The highest BCUT2D eigenvalue weighted by atomic mass is 16.4. The van der Waals surface area contributed by atoms with Crippen molar-refractivity contribution >= 4 is 44.9 Å². The van der Waals surface area contributed by atoms with Crippen LogP contribution in [0.1, 0.15) is 22.3 Å². The molecule has 2 N–H and O–H groups in total. The van der Waals surface area contributed by atoms with Crippen LogP contribution in [0.2, 0.25) is 0 Å². The Kier molecular flexibility index (Phi) is 4.26.